The number of rotatable bonds is 4. The maximum atomic E-state index is 11.2. The summed E-state index contributed by atoms with van der Waals surface area (Å²) in [6, 6.07) is 9.82. The molecule has 3 heteroatoms. The molecule has 1 amide bonds. The molecule has 0 radical (unpaired) electrons. The van der Waals surface area contributed by atoms with Crippen molar-refractivity contribution in [1.82, 2.24) is 5.32 Å². The molecule has 14 heavy (non-hydrogen) atoms. The average Bonchev–Trinajstić information content (AvgIpc) is 2.25. The summed E-state index contributed by atoms with van der Waals surface area (Å²) in [5, 5.41) is 2.80. The summed E-state index contributed by atoms with van der Waals surface area (Å²) in [6.45, 7) is 0.581. The van der Waals surface area contributed by atoms with Crippen LogP contribution in [0.3, 0.4) is 0 Å². The number of hydrogen-bond donors (Lipinski definition) is 1. The van der Waals surface area contributed by atoms with Gasteiger partial charge in [0, 0.05) is 19.8 Å². The molecule has 0 aliphatic rings. The summed E-state index contributed by atoms with van der Waals surface area (Å²) in [6.07, 6.45) is 1.95. The topological polar surface area (TPSA) is 41.5 Å². The first kappa shape index (κ1) is 10.4. The highest BCUT2D eigenvalue weighted by molar-refractivity contribution is 5.89. The molecule has 74 valence electrons. The van der Waals surface area contributed by atoms with Crippen LogP contribution in [0, 0.1) is 0 Å². The van der Waals surface area contributed by atoms with Gasteiger partial charge in [-0.25, -0.2) is 0 Å². The zero-order valence-corrected chi connectivity index (χ0v) is 8.23. The number of carbonyl (C=O) groups is 1. The normalized spacial score (nSPS) is 10.4. The fraction of sp³-hybridized carbons (Fsp3) is 0.273. The number of benzene rings is 1. The highest BCUT2D eigenvalue weighted by atomic mass is 16.1. The molecule has 0 atom stereocenters. The fourth-order valence-corrected chi connectivity index (χ4v) is 1.04. The van der Waals surface area contributed by atoms with Crippen LogP contribution in [0.25, 0.3) is 0 Å². The largest absolute Gasteiger partial charge is 0.352 e. The molecule has 0 spiro atoms. The Hall–Kier alpha value is -1.64. The van der Waals surface area contributed by atoms with Gasteiger partial charge in [-0.15, -0.1) is 0 Å². The van der Waals surface area contributed by atoms with E-state index in [0.29, 0.717) is 13.0 Å². The Kier molecular flexibility index (Phi) is 4.41. The third-order valence-corrected chi connectivity index (χ3v) is 1.79. The van der Waals surface area contributed by atoms with Gasteiger partial charge in [-0.1, -0.05) is 30.3 Å². The van der Waals surface area contributed by atoms with Gasteiger partial charge in [0.25, 0.3) is 0 Å². The minimum absolute atomic E-state index is 0.000506. The lowest BCUT2D eigenvalue weighted by atomic mass is 10.2. The molecule has 1 aromatic carbocycles. The zero-order valence-electron chi connectivity index (χ0n) is 8.23. The first-order valence-corrected chi connectivity index (χ1v) is 4.54. The van der Waals surface area contributed by atoms with Crippen molar-refractivity contribution in [2.45, 2.75) is 13.0 Å². The number of amides is 1. The number of carbonyl (C=O) groups excluding carboxylic acids is 1. The van der Waals surface area contributed by atoms with E-state index in [9.17, 15) is 4.79 Å². The third-order valence-electron chi connectivity index (χ3n) is 1.79. The fourth-order valence-electron chi connectivity index (χ4n) is 1.04. The quantitative estimate of drug-likeness (QED) is 0.716. The molecule has 0 aromatic heterocycles. The van der Waals surface area contributed by atoms with Crippen LogP contribution in [-0.4, -0.2) is 19.2 Å². The predicted octanol–water partition coefficient (Wildman–Crippen LogP) is 1.39. The van der Waals surface area contributed by atoms with E-state index in [4.69, 9.17) is 0 Å². The molecular weight excluding hydrogens is 176 g/mol. The van der Waals surface area contributed by atoms with Crippen molar-refractivity contribution in [2.75, 3.05) is 7.05 Å². The Morgan fingerprint density at radius 3 is 2.79 bits per heavy atom. The van der Waals surface area contributed by atoms with Crippen molar-refractivity contribution in [1.29, 1.82) is 0 Å². The molecule has 0 aliphatic heterocycles. The van der Waals surface area contributed by atoms with Gasteiger partial charge >= 0.3 is 0 Å². The van der Waals surface area contributed by atoms with Crippen LogP contribution in [0.2, 0.25) is 0 Å². The van der Waals surface area contributed by atoms with Crippen LogP contribution in [-0.2, 0) is 11.3 Å². The predicted molar refractivity (Wildman–Crippen MR) is 57.3 cm³/mol. The minimum atomic E-state index is -0.000506. The highest BCUT2D eigenvalue weighted by Gasteiger charge is 1.97. The molecule has 0 saturated heterocycles. The summed E-state index contributed by atoms with van der Waals surface area (Å²) in [4.78, 5) is 14.9. The molecule has 1 aromatic rings. The van der Waals surface area contributed by atoms with Crippen LogP contribution >= 0.6 is 0 Å². The van der Waals surface area contributed by atoms with Crippen molar-refractivity contribution in [2.24, 2.45) is 4.99 Å². The summed E-state index contributed by atoms with van der Waals surface area (Å²) in [5.41, 5.74) is 1.11. The van der Waals surface area contributed by atoms with E-state index in [0.717, 1.165) is 5.56 Å². The molecular formula is C11H14N2O. The minimum Gasteiger partial charge on any atom is -0.352 e. The van der Waals surface area contributed by atoms with E-state index >= 15 is 0 Å². The standard InChI is InChI=1S/C11H14N2O/c1-12-8-7-11(14)13-9-10-5-3-2-4-6-10/h2-6,8H,7,9H2,1H3,(H,13,14)/b12-8+. The maximum absolute atomic E-state index is 11.2. The van der Waals surface area contributed by atoms with Gasteiger partial charge in [0.05, 0.1) is 6.42 Å². The van der Waals surface area contributed by atoms with Gasteiger partial charge in [0.1, 0.15) is 0 Å². The van der Waals surface area contributed by atoms with Crippen molar-refractivity contribution in [3.05, 3.63) is 35.9 Å². The molecule has 0 aliphatic carbocycles. The van der Waals surface area contributed by atoms with Gasteiger partial charge in [0.2, 0.25) is 5.91 Å². The summed E-state index contributed by atoms with van der Waals surface area (Å²) >= 11 is 0. The van der Waals surface area contributed by atoms with E-state index < -0.39 is 0 Å². The smallest absolute Gasteiger partial charge is 0.225 e. The highest BCUT2D eigenvalue weighted by Crippen LogP contribution is 1.96. The van der Waals surface area contributed by atoms with Crippen LogP contribution < -0.4 is 5.32 Å². The Balaban J connectivity index is 2.31. The molecule has 1 rings (SSSR count). The van der Waals surface area contributed by atoms with Gasteiger partial charge in [-0.2, -0.15) is 0 Å². The number of hydrogen-bond acceptors (Lipinski definition) is 2. The van der Waals surface area contributed by atoms with Crippen molar-refractivity contribution in [3.8, 4) is 0 Å². The van der Waals surface area contributed by atoms with E-state index in [2.05, 4.69) is 10.3 Å². The molecule has 0 fully saturated rings. The van der Waals surface area contributed by atoms with E-state index in [-0.39, 0.29) is 5.91 Å². The van der Waals surface area contributed by atoms with Gasteiger partial charge in [0.15, 0.2) is 0 Å². The van der Waals surface area contributed by atoms with Gasteiger partial charge < -0.3 is 10.3 Å². The summed E-state index contributed by atoms with van der Waals surface area (Å²) < 4.78 is 0. The lowest BCUT2D eigenvalue weighted by molar-refractivity contribution is -0.120. The van der Waals surface area contributed by atoms with E-state index in [1.165, 1.54) is 0 Å². The van der Waals surface area contributed by atoms with Crippen LogP contribution in [0.4, 0.5) is 0 Å². The first-order chi connectivity index (χ1) is 6.83. The van der Waals surface area contributed by atoms with Gasteiger partial charge in [-0.05, 0) is 5.56 Å². The summed E-state index contributed by atoms with van der Waals surface area (Å²) in [7, 11) is 1.66. The third kappa shape index (κ3) is 3.85. The Morgan fingerprint density at radius 1 is 1.43 bits per heavy atom. The molecule has 0 bridgehead atoms. The van der Waals surface area contributed by atoms with Crippen molar-refractivity contribution < 1.29 is 4.79 Å². The monoisotopic (exact) mass is 190 g/mol. The van der Waals surface area contributed by atoms with Crippen LogP contribution in [0.5, 0.6) is 0 Å². The lowest BCUT2D eigenvalue weighted by Gasteiger charge is -2.02. The lowest BCUT2D eigenvalue weighted by Crippen LogP contribution is -2.22. The van der Waals surface area contributed by atoms with E-state index in [1.54, 1.807) is 13.3 Å². The second-order valence-electron chi connectivity index (χ2n) is 2.91. The molecule has 0 saturated carbocycles. The average molecular weight is 190 g/mol. The molecule has 0 unspecified atom stereocenters. The molecule has 1 N–H and O–H groups in total. The van der Waals surface area contributed by atoms with E-state index in [1.807, 2.05) is 30.3 Å². The van der Waals surface area contributed by atoms with Crippen molar-refractivity contribution in [3.63, 3.8) is 0 Å². The van der Waals surface area contributed by atoms with Crippen LogP contribution in [0.1, 0.15) is 12.0 Å². The number of aliphatic imine (C=N–C) groups is 1. The van der Waals surface area contributed by atoms with Crippen molar-refractivity contribution >= 4 is 12.1 Å². The molecule has 3 nitrogen and oxygen atoms in total. The number of nitrogens with one attached hydrogen (secondary N) is 1. The first-order valence-electron chi connectivity index (χ1n) is 4.54. The van der Waals surface area contributed by atoms with Gasteiger partial charge in [-0.3, -0.25) is 4.79 Å². The maximum Gasteiger partial charge on any atom is 0.225 e. The summed E-state index contributed by atoms with van der Waals surface area (Å²) in [5.74, 6) is -0.000506. The Morgan fingerprint density at radius 2 is 2.14 bits per heavy atom. The molecule has 0 heterocycles. The zero-order chi connectivity index (χ0) is 10.2. The second-order valence-corrected chi connectivity index (χ2v) is 2.91. The Bertz CT molecular complexity index is 306. The Labute approximate surface area is 83.9 Å². The van der Waals surface area contributed by atoms with Crippen LogP contribution in [0.15, 0.2) is 35.3 Å². The number of nitrogens with zero attached hydrogens (tertiary/aromatic N) is 1. The SMILES string of the molecule is C/N=C/CC(=O)NCc1ccccc1. The second kappa shape index (κ2) is 5.91.